The smallest absolute Gasteiger partial charge is 0.407 e. The van der Waals surface area contributed by atoms with Crippen LogP contribution in [0.15, 0.2) is 24.3 Å². The van der Waals surface area contributed by atoms with Gasteiger partial charge in [-0.1, -0.05) is 0 Å². The molecule has 0 saturated carbocycles. The Morgan fingerprint density at radius 1 is 0.727 bits per heavy atom. The Bertz CT molecular complexity index is 607. The average molecular weight is 473 g/mol. The van der Waals surface area contributed by atoms with Gasteiger partial charge in [-0.25, -0.2) is 4.79 Å². The van der Waals surface area contributed by atoms with Gasteiger partial charge in [0.1, 0.15) is 18.0 Å². The molecule has 0 aliphatic rings. The minimum absolute atomic E-state index is 0.389. The fourth-order valence-corrected chi connectivity index (χ4v) is 2.30. The third-order valence-corrected chi connectivity index (χ3v) is 3.78. The number of alkyl carbamates (subject to hydrolysis) is 1. The maximum Gasteiger partial charge on any atom is 0.407 e. The highest BCUT2D eigenvalue weighted by Gasteiger charge is 2.15. The SMILES string of the molecule is CC(C)(C)OC(=O)NCCOCCOCCOCCOCCOCCOc1ccc(N)cc1. The number of anilines is 1. The summed E-state index contributed by atoms with van der Waals surface area (Å²) < 4.78 is 37.7. The molecule has 0 aliphatic heterocycles. The number of nitrogens with one attached hydrogen (secondary N) is 1. The zero-order chi connectivity index (χ0) is 24.2. The van der Waals surface area contributed by atoms with Crippen LogP contribution in [0.5, 0.6) is 5.75 Å². The van der Waals surface area contributed by atoms with Crippen molar-refractivity contribution in [3.8, 4) is 5.75 Å². The van der Waals surface area contributed by atoms with Crippen molar-refractivity contribution in [3.63, 3.8) is 0 Å². The quantitative estimate of drug-likeness (QED) is 0.231. The molecule has 1 aromatic rings. The van der Waals surface area contributed by atoms with Crippen molar-refractivity contribution in [2.24, 2.45) is 0 Å². The summed E-state index contributed by atoms with van der Waals surface area (Å²) in [6, 6.07) is 7.24. The van der Waals surface area contributed by atoms with Gasteiger partial charge in [0, 0.05) is 12.2 Å². The highest BCUT2D eigenvalue weighted by Crippen LogP contribution is 2.12. The van der Waals surface area contributed by atoms with Crippen molar-refractivity contribution in [2.75, 3.05) is 85.0 Å². The molecule has 0 unspecified atom stereocenters. The fourth-order valence-electron chi connectivity index (χ4n) is 2.30. The first-order valence-corrected chi connectivity index (χ1v) is 11.2. The van der Waals surface area contributed by atoms with Gasteiger partial charge >= 0.3 is 6.09 Å². The Hall–Kier alpha value is -2.11. The molecule has 0 heterocycles. The first kappa shape index (κ1) is 28.9. The van der Waals surface area contributed by atoms with E-state index in [1.807, 2.05) is 32.9 Å². The van der Waals surface area contributed by atoms with E-state index in [1.165, 1.54) is 0 Å². The van der Waals surface area contributed by atoms with Gasteiger partial charge in [0.05, 0.1) is 66.1 Å². The largest absolute Gasteiger partial charge is 0.491 e. The van der Waals surface area contributed by atoms with Gasteiger partial charge in [-0.3, -0.25) is 0 Å². The molecule has 10 nitrogen and oxygen atoms in total. The summed E-state index contributed by atoms with van der Waals surface area (Å²) in [6.07, 6.45) is -0.448. The standard InChI is InChI=1S/C23H40N2O8/c1-23(2,3)33-22(26)25-8-9-27-10-11-28-12-13-29-14-15-30-16-17-31-18-19-32-21-6-4-20(24)5-7-21/h4-7H,8-19,24H2,1-3H3,(H,25,26). The Morgan fingerprint density at radius 2 is 1.15 bits per heavy atom. The van der Waals surface area contributed by atoms with E-state index in [4.69, 9.17) is 38.9 Å². The van der Waals surface area contributed by atoms with Gasteiger partial charge in [-0.05, 0) is 45.0 Å². The first-order chi connectivity index (χ1) is 15.9. The summed E-state index contributed by atoms with van der Waals surface area (Å²) in [5.41, 5.74) is 5.82. The molecule has 0 saturated heterocycles. The number of carbonyl (C=O) groups excluding carboxylic acids is 1. The zero-order valence-electron chi connectivity index (χ0n) is 20.1. The van der Waals surface area contributed by atoms with Gasteiger partial charge in [-0.15, -0.1) is 0 Å². The van der Waals surface area contributed by atoms with Gasteiger partial charge in [0.25, 0.3) is 0 Å². The molecule has 0 bridgehead atoms. The van der Waals surface area contributed by atoms with Crippen LogP contribution < -0.4 is 15.8 Å². The van der Waals surface area contributed by atoms with Crippen LogP contribution in [0.4, 0.5) is 10.5 Å². The lowest BCUT2D eigenvalue weighted by atomic mass is 10.2. The molecule has 0 fully saturated rings. The molecule has 0 radical (unpaired) electrons. The van der Waals surface area contributed by atoms with Crippen molar-refractivity contribution in [1.29, 1.82) is 0 Å². The number of nitrogen functional groups attached to an aromatic ring is 1. The van der Waals surface area contributed by atoms with E-state index in [0.29, 0.717) is 84.9 Å². The van der Waals surface area contributed by atoms with Crippen LogP contribution in [0.1, 0.15) is 20.8 Å². The highest BCUT2D eigenvalue weighted by atomic mass is 16.6. The number of nitrogens with two attached hydrogens (primary N) is 1. The molecule has 1 rings (SSSR count). The van der Waals surface area contributed by atoms with Crippen LogP contribution in [0, 0.1) is 0 Å². The van der Waals surface area contributed by atoms with Crippen molar-refractivity contribution in [1.82, 2.24) is 5.32 Å². The van der Waals surface area contributed by atoms with Crippen molar-refractivity contribution < 1.29 is 38.0 Å². The Morgan fingerprint density at radius 3 is 1.61 bits per heavy atom. The summed E-state index contributed by atoms with van der Waals surface area (Å²) in [7, 11) is 0. The summed E-state index contributed by atoms with van der Waals surface area (Å²) in [5, 5.41) is 2.62. The summed E-state index contributed by atoms with van der Waals surface area (Å²) in [5.74, 6) is 0.769. The number of carbonyl (C=O) groups is 1. The predicted octanol–water partition coefficient (Wildman–Crippen LogP) is 2.26. The van der Waals surface area contributed by atoms with Crippen LogP contribution in [0.25, 0.3) is 0 Å². The van der Waals surface area contributed by atoms with Gasteiger partial charge in [0.2, 0.25) is 0 Å². The number of rotatable bonds is 19. The van der Waals surface area contributed by atoms with E-state index in [0.717, 1.165) is 5.75 Å². The summed E-state index contributed by atoms with van der Waals surface area (Å²) in [6.45, 7) is 11.1. The highest BCUT2D eigenvalue weighted by molar-refractivity contribution is 5.67. The van der Waals surface area contributed by atoms with Gasteiger partial charge in [0.15, 0.2) is 0 Å². The van der Waals surface area contributed by atoms with Crippen LogP contribution in [-0.2, 0) is 28.4 Å². The fraction of sp³-hybridized carbons (Fsp3) is 0.696. The minimum Gasteiger partial charge on any atom is -0.491 e. The Labute approximate surface area is 196 Å². The second kappa shape index (κ2) is 18.3. The molecule has 1 amide bonds. The maximum absolute atomic E-state index is 11.4. The molecular formula is C23H40N2O8. The third-order valence-electron chi connectivity index (χ3n) is 3.78. The number of benzene rings is 1. The van der Waals surface area contributed by atoms with Crippen molar-refractivity contribution in [3.05, 3.63) is 24.3 Å². The van der Waals surface area contributed by atoms with Crippen molar-refractivity contribution >= 4 is 11.8 Å². The van der Waals surface area contributed by atoms with E-state index >= 15 is 0 Å². The Kier molecular flexibility index (Phi) is 16.1. The van der Waals surface area contributed by atoms with Crippen molar-refractivity contribution in [2.45, 2.75) is 26.4 Å². The summed E-state index contributed by atoms with van der Waals surface area (Å²) >= 11 is 0. The van der Waals surface area contributed by atoms with Crippen LogP contribution in [0.2, 0.25) is 0 Å². The number of ether oxygens (including phenoxy) is 7. The number of amides is 1. The number of hydrogen-bond acceptors (Lipinski definition) is 9. The topological polar surface area (TPSA) is 120 Å². The van der Waals surface area contributed by atoms with Crippen LogP contribution in [0.3, 0.4) is 0 Å². The van der Waals surface area contributed by atoms with E-state index < -0.39 is 11.7 Å². The molecule has 0 atom stereocenters. The zero-order valence-corrected chi connectivity index (χ0v) is 20.1. The molecular weight excluding hydrogens is 432 g/mol. The van der Waals surface area contributed by atoms with E-state index in [-0.39, 0.29) is 0 Å². The summed E-state index contributed by atoms with van der Waals surface area (Å²) in [4.78, 5) is 11.4. The average Bonchev–Trinajstić information content (AvgIpc) is 2.75. The van der Waals surface area contributed by atoms with E-state index in [2.05, 4.69) is 5.32 Å². The van der Waals surface area contributed by atoms with E-state index in [9.17, 15) is 4.79 Å². The Balaban J connectivity index is 1.73. The lowest BCUT2D eigenvalue weighted by Crippen LogP contribution is -2.34. The molecule has 33 heavy (non-hydrogen) atoms. The predicted molar refractivity (Wildman–Crippen MR) is 125 cm³/mol. The molecule has 190 valence electrons. The van der Waals surface area contributed by atoms with Gasteiger partial charge < -0.3 is 44.2 Å². The third kappa shape index (κ3) is 19.1. The second-order valence-electron chi connectivity index (χ2n) is 7.91. The lowest BCUT2D eigenvalue weighted by molar-refractivity contribution is -0.0126. The minimum atomic E-state index is -0.503. The second-order valence-corrected chi connectivity index (χ2v) is 7.91. The first-order valence-electron chi connectivity index (χ1n) is 11.2. The normalized spacial score (nSPS) is 11.4. The number of hydrogen-bond donors (Lipinski definition) is 2. The molecule has 1 aromatic carbocycles. The lowest BCUT2D eigenvalue weighted by Gasteiger charge is -2.19. The molecule has 0 aliphatic carbocycles. The monoisotopic (exact) mass is 472 g/mol. The van der Waals surface area contributed by atoms with Crippen LogP contribution in [-0.4, -0.2) is 90.9 Å². The van der Waals surface area contributed by atoms with Crippen LogP contribution >= 0.6 is 0 Å². The van der Waals surface area contributed by atoms with E-state index in [1.54, 1.807) is 12.1 Å². The molecule has 0 spiro atoms. The molecule has 3 N–H and O–H groups in total. The molecule has 0 aromatic heterocycles. The maximum atomic E-state index is 11.4. The molecule has 10 heteroatoms. The van der Waals surface area contributed by atoms with Gasteiger partial charge in [-0.2, -0.15) is 0 Å².